The molecule has 0 atom stereocenters. The van der Waals surface area contributed by atoms with E-state index in [1.54, 1.807) is 42.5 Å². The summed E-state index contributed by atoms with van der Waals surface area (Å²) in [5.41, 5.74) is 3.01. The van der Waals surface area contributed by atoms with Crippen LogP contribution in [0.2, 0.25) is 10.0 Å². The summed E-state index contributed by atoms with van der Waals surface area (Å²) in [6.07, 6.45) is 1.79. The molecule has 1 heterocycles. The Balaban J connectivity index is 1.81. The molecule has 1 aromatic heterocycles. The highest BCUT2D eigenvalue weighted by Crippen LogP contribution is 2.27. The van der Waals surface area contributed by atoms with Gasteiger partial charge in [-0.1, -0.05) is 35.3 Å². The molecule has 0 aliphatic rings. The Morgan fingerprint density at radius 1 is 0.903 bits per heavy atom. The molecule has 31 heavy (non-hydrogen) atoms. The number of fused-ring (bicyclic) bond motifs is 1. The SMILES string of the molecule is CC(C)n1c(/C=C(\OC(=O)c2ccc(Cl)cc2)c2ccc(Cl)cc2)nc2ccccc21. The minimum absolute atomic E-state index is 0.164. The number of imidazole rings is 1. The first-order valence-corrected chi connectivity index (χ1v) is 10.6. The highest BCUT2D eigenvalue weighted by atomic mass is 35.5. The minimum Gasteiger partial charge on any atom is -0.422 e. The Morgan fingerprint density at radius 3 is 2.10 bits per heavy atom. The second-order valence-electron chi connectivity index (χ2n) is 7.33. The van der Waals surface area contributed by atoms with Crippen molar-refractivity contribution in [1.82, 2.24) is 9.55 Å². The van der Waals surface area contributed by atoms with Crippen LogP contribution < -0.4 is 0 Å². The van der Waals surface area contributed by atoms with Crippen LogP contribution in [0.15, 0.2) is 72.8 Å². The van der Waals surface area contributed by atoms with E-state index in [0.29, 0.717) is 32.8 Å². The van der Waals surface area contributed by atoms with Crippen molar-refractivity contribution < 1.29 is 9.53 Å². The van der Waals surface area contributed by atoms with E-state index in [-0.39, 0.29) is 6.04 Å². The third-order valence-electron chi connectivity index (χ3n) is 4.81. The Kier molecular flexibility index (Phi) is 6.12. The van der Waals surface area contributed by atoms with E-state index in [1.165, 1.54) is 0 Å². The van der Waals surface area contributed by atoms with Gasteiger partial charge in [-0.2, -0.15) is 0 Å². The number of hydrogen-bond acceptors (Lipinski definition) is 3. The largest absolute Gasteiger partial charge is 0.422 e. The molecule has 0 N–H and O–H groups in total. The summed E-state index contributed by atoms with van der Waals surface area (Å²) >= 11 is 12.0. The quantitative estimate of drug-likeness (QED) is 0.237. The smallest absolute Gasteiger partial charge is 0.343 e. The van der Waals surface area contributed by atoms with Gasteiger partial charge in [-0.3, -0.25) is 0 Å². The van der Waals surface area contributed by atoms with Crippen LogP contribution in [-0.2, 0) is 4.74 Å². The number of benzene rings is 3. The van der Waals surface area contributed by atoms with Crippen LogP contribution in [0.25, 0.3) is 22.9 Å². The lowest BCUT2D eigenvalue weighted by Crippen LogP contribution is -2.07. The van der Waals surface area contributed by atoms with Gasteiger partial charge in [0.15, 0.2) is 0 Å². The maximum absolute atomic E-state index is 12.8. The molecule has 3 aromatic carbocycles. The highest BCUT2D eigenvalue weighted by Gasteiger charge is 2.17. The van der Waals surface area contributed by atoms with Crippen LogP contribution in [0, 0.1) is 0 Å². The fourth-order valence-corrected chi connectivity index (χ4v) is 3.61. The first-order chi connectivity index (χ1) is 14.9. The number of carbonyl (C=O) groups is 1. The van der Waals surface area contributed by atoms with Crippen molar-refractivity contribution in [2.75, 3.05) is 0 Å². The number of rotatable bonds is 5. The average molecular weight is 451 g/mol. The molecule has 0 spiro atoms. The first-order valence-electron chi connectivity index (χ1n) is 9.85. The van der Waals surface area contributed by atoms with Gasteiger partial charge in [0.25, 0.3) is 0 Å². The predicted octanol–water partition coefficient (Wildman–Crippen LogP) is 7.28. The third kappa shape index (κ3) is 4.66. The highest BCUT2D eigenvalue weighted by molar-refractivity contribution is 6.31. The fourth-order valence-electron chi connectivity index (χ4n) is 3.36. The van der Waals surface area contributed by atoms with Gasteiger partial charge in [-0.05, 0) is 74.5 Å². The van der Waals surface area contributed by atoms with Crippen molar-refractivity contribution >= 4 is 52.0 Å². The maximum Gasteiger partial charge on any atom is 0.343 e. The zero-order chi connectivity index (χ0) is 22.0. The molecule has 0 bridgehead atoms. The molecular weight excluding hydrogens is 431 g/mol. The van der Waals surface area contributed by atoms with E-state index in [0.717, 1.165) is 11.0 Å². The van der Waals surface area contributed by atoms with Gasteiger partial charge in [-0.15, -0.1) is 0 Å². The fraction of sp³-hybridized carbons (Fsp3) is 0.120. The van der Waals surface area contributed by atoms with E-state index in [1.807, 2.05) is 36.4 Å². The van der Waals surface area contributed by atoms with Gasteiger partial charge in [-0.25, -0.2) is 9.78 Å². The predicted molar refractivity (Wildman–Crippen MR) is 126 cm³/mol. The molecule has 0 fully saturated rings. The van der Waals surface area contributed by atoms with Gasteiger partial charge in [0, 0.05) is 27.7 Å². The Bertz CT molecular complexity index is 1260. The normalized spacial score (nSPS) is 11.8. The topological polar surface area (TPSA) is 44.1 Å². The van der Waals surface area contributed by atoms with E-state index in [4.69, 9.17) is 32.9 Å². The molecule has 0 saturated carbocycles. The van der Waals surface area contributed by atoms with Crippen molar-refractivity contribution in [1.29, 1.82) is 0 Å². The van der Waals surface area contributed by atoms with E-state index in [2.05, 4.69) is 18.4 Å². The molecule has 0 unspecified atom stereocenters. The number of para-hydroxylation sites is 2. The van der Waals surface area contributed by atoms with Gasteiger partial charge >= 0.3 is 5.97 Å². The number of nitrogens with zero attached hydrogens (tertiary/aromatic N) is 2. The molecule has 0 saturated heterocycles. The van der Waals surface area contributed by atoms with E-state index < -0.39 is 5.97 Å². The number of aromatic nitrogens is 2. The van der Waals surface area contributed by atoms with Gasteiger partial charge in [0.2, 0.25) is 0 Å². The van der Waals surface area contributed by atoms with Crippen LogP contribution in [-0.4, -0.2) is 15.5 Å². The number of esters is 1. The zero-order valence-electron chi connectivity index (χ0n) is 17.0. The number of carbonyl (C=O) groups excluding carboxylic acids is 1. The number of hydrogen-bond donors (Lipinski definition) is 0. The molecule has 4 rings (SSSR count). The van der Waals surface area contributed by atoms with E-state index in [9.17, 15) is 4.79 Å². The summed E-state index contributed by atoms with van der Waals surface area (Å²) in [6, 6.07) is 21.8. The third-order valence-corrected chi connectivity index (χ3v) is 5.31. The molecule has 156 valence electrons. The van der Waals surface area contributed by atoms with Crippen LogP contribution in [0.1, 0.15) is 41.6 Å². The molecule has 4 aromatic rings. The Hall–Kier alpha value is -3.08. The lowest BCUT2D eigenvalue weighted by atomic mass is 10.1. The second-order valence-corrected chi connectivity index (χ2v) is 8.21. The number of ether oxygens (including phenoxy) is 1. The molecular formula is C25H20Cl2N2O2. The van der Waals surface area contributed by atoms with Crippen LogP contribution in [0.3, 0.4) is 0 Å². The molecule has 4 nitrogen and oxygen atoms in total. The Morgan fingerprint density at radius 2 is 1.48 bits per heavy atom. The summed E-state index contributed by atoms with van der Waals surface area (Å²) in [5, 5.41) is 1.15. The van der Waals surface area contributed by atoms with Crippen molar-refractivity contribution in [2.24, 2.45) is 0 Å². The standard InChI is InChI=1S/C25H20Cl2N2O2/c1-16(2)29-22-6-4-3-5-21(22)28-24(29)15-23(17-7-11-19(26)12-8-17)31-25(30)18-9-13-20(27)14-10-18/h3-16H,1-2H3/b23-15-. The molecule has 0 aliphatic carbocycles. The van der Waals surface area contributed by atoms with Crippen molar-refractivity contribution in [2.45, 2.75) is 19.9 Å². The van der Waals surface area contributed by atoms with Crippen LogP contribution >= 0.6 is 23.2 Å². The monoisotopic (exact) mass is 450 g/mol. The lowest BCUT2D eigenvalue weighted by molar-refractivity contribution is 0.0693. The van der Waals surface area contributed by atoms with Gasteiger partial charge in [0.05, 0.1) is 16.6 Å². The molecule has 0 aliphatic heterocycles. The summed E-state index contributed by atoms with van der Waals surface area (Å²) in [7, 11) is 0. The molecule has 0 amide bonds. The van der Waals surface area contributed by atoms with Gasteiger partial charge < -0.3 is 9.30 Å². The molecule has 6 heteroatoms. The van der Waals surface area contributed by atoms with Gasteiger partial charge in [0.1, 0.15) is 11.6 Å². The summed E-state index contributed by atoms with van der Waals surface area (Å²) < 4.78 is 7.93. The maximum atomic E-state index is 12.8. The van der Waals surface area contributed by atoms with Crippen molar-refractivity contribution in [3.8, 4) is 0 Å². The minimum atomic E-state index is -0.481. The van der Waals surface area contributed by atoms with Crippen molar-refractivity contribution in [3.05, 3.63) is 99.8 Å². The lowest BCUT2D eigenvalue weighted by Gasteiger charge is -2.13. The summed E-state index contributed by atoms with van der Waals surface area (Å²) in [4.78, 5) is 17.6. The number of halogens is 2. The first kappa shape index (κ1) is 21.2. The summed E-state index contributed by atoms with van der Waals surface area (Å²) in [6.45, 7) is 4.18. The average Bonchev–Trinajstić information content (AvgIpc) is 3.12. The van der Waals surface area contributed by atoms with Crippen LogP contribution in [0.5, 0.6) is 0 Å². The molecule has 0 radical (unpaired) electrons. The van der Waals surface area contributed by atoms with E-state index >= 15 is 0 Å². The second kappa shape index (κ2) is 8.96. The summed E-state index contributed by atoms with van der Waals surface area (Å²) in [5.74, 6) is 0.601. The van der Waals surface area contributed by atoms with Crippen LogP contribution in [0.4, 0.5) is 0 Å². The Labute approximate surface area is 190 Å². The zero-order valence-corrected chi connectivity index (χ0v) is 18.6. The van der Waals surface area contributed by atoms with Crippen molar-refractivity contribution in [3.63, 3.8) is 0 Å².